The highest BCUT2D eigenvalue weighted by molar-refractivity contribution is 9.10. The van der Waals surface area contributed by atoms with Crippen molar-refractivity contribution in [1.29, 1.82) is 0 Å². The molecule has 0 heterocycles. The third kappa shape index (κ3) is 2.89. The molecule has 2 fully saturated rings. The summed E-state index contributed by atoms with van der Waals surface area (Å²) >= 11 is 9.40. The number of hydrogen-bond acceptors (Lipinski definition) is 1. The number of rotatable bonds is 4. The Kier molecular flexibility index (Phi) is 3.37. The molecule has 0 spiro atoms. The van der Waals surface area contributed by atoms with Crippen molar-refractivity contribution in [2.75, 3.05) is 6.54 Å². The lowest BCUT2D eigenvalue weighted by atomic mass is 10.2. The van der Waals surface area contributed by atoms with Gasteiger partial charge in [-0.1, -0.05) is 27.5 Å². The molecule has 0 aliphatic heterocycles. The predicted octanol–water partition coefficient (Wildman–Crippen LogP) is 4.12. The molecule has 0 saturated heterocycles. The molecule has 0 radical (unpaired) electrons. The zero-order valence-corrected chi connectivity index (χ0v) is 12.4. The summed E-state index contributed by atoms with van der Waals surface area (Å²) in [6.45, 7) is 0.924. The van der Waals surface area contributed by atoms with Crippen LogP contribution < -0.4 is 0 Å². The van der Waals surface area contributed by atoms with Crippen LogP contribution in [0, 0.1) is 5.92 Å². The van der Waals surface area contributed by atoms with Crippen LogP contribution in [0.2, 0.25) is 5.02 Å². The van der Waals surface area contributed by atoms with Gasteiger partial charge < -0.3 is 4.90 Å². The van der Waals surface area contributed by atoms with E-state index < -0.39 is 0 Å². The summed E-state index contributed by atoms with van der Waals surface area (Å²) in [5.74, 6) is 0.866. The summed E-state index contributed by atoms with van der Waals surface area (Å²) < 4.78 is 0.862. The van der Waals surface area contributed by atoms with E-state index in [9.17, 15) is 4.79 Å². The first-order valence-corrected chi connectivity index (χ1v) is 7.57. The Balaban J connectivity index is 1.81. The number of halogens is 2. The molecule has 1 amide bonds. The molecular formula is C14H15BrClNO. The maximum atomic E-state index is 12.5. The van der Waals surface area contributed by atoms with Gasteiger partial charge >= 0.3 is 0 Å². The topological polar surface area (TPSA) is 20.3 Å². The molecule has 2 saturated carbocycles. The highest BCUT2D eigenvalue weighted by Crippen LogP contribution is 2.36. The highest BCUT2D eigenvalue weighted by Gasteiger charge is 2.36. The molecular weight excluding hydrogens is 314 g/mol. The molecule has 0 unspecified atom stereocenters. The van der Waals surface area contributed by atoms with E-state index in [0.717, 1.165) is 29.8 Å². The number of amides is 1. The average molecular weight is 329 g/mol. The van der Waals surface area contributed by atoms with Crippen molar-refractivity contribution < 1.29 is 4.79 Å². The maximum Gasteiger partial charge on any atom is 0.254 e. The van der Waals surface area contributed by atoms with Crippen LogP contribution in [0.15, 0.2) is 22.7 Å². The number of benzene rings is 1. The van der Waals surface area contributed by atoms with Gasteiger partial charge in [0.15, 0.2) is 0 Å². The van der Waals surface area contributed by atoms with E-state index in [1.165, 1.54) is 12.8 Å². The molecule has 1 aromatic carbocycles. The monoisotopic (exact) mass is 327 g/mol. The smallest absolute Gasteiger partial charge is 0.254 e. The zero-order valence-electron chi connectivity index (χ0n) is 10.0. The van der Waals surface area contributed by atoms with Gasteiger partial charge in [-0.15, -0.1) is 0 Å². The van der Waals surface area contributed by atoms with Crippen molar-refractivity contribution in [3.8, 4) is 0 Å². The van der Waals surface area contributed by atoms with Crippen molar-refractivity contribution in [1.82, 2.24) is 4.90 Å². The molecule has 4 heteroatoms. The van der Waals surface area contributed by atoms with Crippen molar-refractivity contribution in [3.05, 3.63) is 33.3 Å². The van der Waals surface area contributed by atoms with Crippen molar-refractivity contribution >= 4 is 33.4 Å². The molecule has 2 aliphatic carbocycles. The summed E-state index contributed by atoms with van der Waals surface area (Å²) in [6, 6.07) is 5.89. The molecule has 1 aromatic rings. The van der Waals surface area contributed by atoms with Gasteiger partial charge in [0, 0.05) is 27.6 Å². The fraction of sp³-hybridized carbons (Fsp3) is 0.500. The van der Waals surface area contributed by atoms with Crippen LogP contribution in [0.3, 0.4) is 0 Å². The third-order valence-electron chi connectivity index (χ3n) is 3.51. The van der Waals surface area contributed by atoms with E-state index in [2.05, 4.69) is 20.8 Å². The fourth-order valence-electron chi connectivity index (χ4n) is 2.21. The van der Waals surface area contributed by atoms with Crippen molar-refractivity contribution in [2.24, 2.45) is 5.92 Å². The largest absolute Gasteiger partial charge is 0.335 e. The van der Waals surface area contributed by atoms with E-state index in [0.29, 0.717) is 16.6 Å². The summed E-state index contributed by atoms with van der Waals surface area (Å²) in [5.41, 5.74) is 0.696. The molecule has 2 nitrogen and oxygen atoms in total. The van der Waals surface area contributed by atoms with Crippen LogP contribution in [0.1, 0.15) is 36.0 Å². The van der Waals surface area contributed by atoms with E-state index in [4.69, 9.17) is 11.6 Å². The van der Waals surface area contributed by atoms with Gasteiger partial charge in [0.2, 0.25) is 0 Å². The third-order valence-corrected chi connectivity index (χ3v) is 4.19. The van der Waals surface area contributed by atoms with E-state index in [1.54, 1.807) is 12.1 Å². The second-order valence-electron chi connectivity index (χ2n) is 5.29. The minimum Gasteiger partial charge on any atom is -0.335 e. The van der Waals surface area contributed by atoms with E-state index in [1.807, 2.05) is 6.07 Å². The van der Waals surface area contributed by atoms with Gasteiger partial charge in [-0.05, 0) is 49.8 Å². The van der Waals surface area contributed by atoms with Gasteiger partial charge in [-0.3, -0.25) is 4.79 Å². The van der Waals surface area contributed by atoms with Crippen molar-refractivity contribution in [3.63, 3.8) is 0 Å². The predicted molar refractivity (Wildman–Crippen MR) is 75.9 cm³/mol. The second kappa shape index (κ2) is 4.86. The quantitative estimate of drug-likeness (QED) is 0.814. The number of nitrogens with zero attached hydrogens (tertiary/aromatic N) is 1. The molecule has 2 aliphatic rings. The van der Waals surface area contributed by atoms with Crippen LogP contribution in [0.4, 0.5) is 0 Å². The van der Waals surface area contributed by atoms with E-state index in [-0.39, 0.29) is 5.91 Å². The first-order valence-electron chi connectivity index (χ1n) is 6.40. The summed E-state index contributed by atoms with van der Waals surface area (Å²) in [7, 11) is 0. The SMILES string of the molecule is O=C(c1cc(Cl)cc(Br)c1)N(CC1CC1)C1CC1. The maximum absolute atomic E-state index is 12.5. The van der Waals surface area contributed by atoms with Crippen LogP contribution in [-0.2, 0) is 0 Å². The number of hydrogen-bond donors (Lipinski definition) is 0. The van der Waals surface area contributed by atoms with Gasteiger partial charge in [-0.2, -0.15) is 0 Å². The first kappa shape index (κ1) is 12.5. The molecule has 3 rings (SSSR count). The number of carbonyl (C=O) groups is 1. The lowest BCUT2D eigenvalue weighted by molar-refractivity contribution is 0.0734. The molecule has 18 heavy (non-hydrogen) atoms. The van der Waals surface area contributed by atoms with Gasteiger partial charge in [0.1, 0.15) is 0 Å². The second-order valence-corrected chi connectivity index (χ2v) is 6.64. The Morgan fingerprint density at radius 3 is 2.56 bits per heavy atom. The Morgan fingerprint density at radius 1 is 1.28 bits per heavy atom. The van der Waals surface area contributed by atoms with Gasteiger partial charge in [-0.25, -0.2) is 0 Å². The molecule has 0 atom stereocenters. The molecule has 0 bridgehead atoms. The summed E-state index contributed by atoms with van der Waals surface area (Å²) in [4.78, 5) is 14.6. The molecule has 0 aromatic heterocycles. The Labute approximate surface area is 120 Å². The molecule has 96 valence electrons. The van der Waals surface area contributed by atoms with Crippen LogP contribution in [0.25, 0.3) is 0 Å². The lowest BCUT2D eigenvalue weighted by Gasteiger charge is -2.22. The number of carbonyl (C=O) groups excluding carboxylic acids is 1. The van der Waals surface area contributed by atoms with Gasteiger partial charge in [0.25, 0.3) is 5.91 Å². The highest BCUT2D eigenvalue weighted by atomic mass is 79.9. The van der Waals surface area contributed by atoms with Gasteiger partial charge in [0.05, 0.1) is 0 Å². The summed E-state index contributed by atoms with van der Waals surface area (Å²) in [6.07, 6.45) is 4.85. The fourth-order valence-corrected chi connectivity index (χ4v) is 3.07. The van der Waals surface area contributed by atoms with E-state index >= 15 is 0 Å². The zero-order chi connectivity index (χ0) is 12.7. The van der Waals surface area contributed by atoms with Crippen LogP contribution in [0.5, 0.6) is 0 Å². The normalized spacial score (nSPS) is 18.8. The Hall–Kier alpha value is -0.540. The lowest BCUT2D eigenvalue weighted by Crippen LogP contribution is -2.34. The average Bonchev–Trinajstić information content (AvgIpc) is 3.15. The Bertz CT molecular complexity index is 462. The minimum atomic E-state index is 0.132. The standard InChI is InChI=1S/C14H15BrClNO/c15-11-5-10(6-12(16)7-11)14(18)17(13-3-4-13)8-9-1-2-9/h5-7,9,13H,1-4,8H2. The van der Waals surface area contributed by atoms with Crippen LogP contribution >= 0.6 is 27.5 Å². The Morgan fingerprint density at radius 2 is 2.00 bits per heavy atom. The van der Waals surface area contributed by atoms with Crippen molar-refractivity contribution in [2.45, 2.75) is 31.7 Å². The summed E-state index contributed by atoms with van der Waals surface area (Å²) in [5, 5.41) is 0.606. The first-order chi connectivity index (χ1) is 8.63. The van der Waals surface area contributed by atoms with Crippen LogP contribution in [-0.4, -0.2) is 23.4 Å². The minimum absolute atomic E-state index is 0.132. The molecule has 0 N–H and O–H groups in total.